The highest BCUT2D eigenvalue weighted by Gasteiger charge is 2.13. The van der Waals surface area contributed by atoms with Gasteiger partial charge in [-0.3, -0.25) is 0 Å². The Balaban J connectivity index is 1.90. The van der Waals surface area contributed by atoms with E-state index in [1.807, 2.05) is 0 Å². The molecule has 0 atom stereocenters. The summed E-state index contributed by atoms with van der Waals surface area (Å²) in [6, 6.07) is 0.554. The molecule has 0 aliphatic heterocycles. The predicted octanol–water partition coefficient (Wildman–Crippen LogP) is 1.62. The minimum absolute atomic E-state index is 0.554. The van der Waals surface area contributed by atoms with E-state index in [-0.39, 0.29) is 0 Å². The lowest BCUT2D eigenvalue weighted by Crippen LogP contribution is -2.23. The highest BCUT2D eigenvalue weighted by Crippen LogP contribution is 2.19. The van der Waals surface area contributed by atoms with Crippen molar-refractivity contribution in [2.24, 2.45) is 0 Å². The molecule has 1 fully saturated rings. The van der Waals surface area contributed by atoms with Gasteiger partial charge in [-0.2, -0.15) is 5.10 Å². The highest BCUT2D eigenvalue weighted by molar-refractivity contribution is 5.22. The molecule has 1 heterocycles. The fourth-order valence-corrected chi connectivity index (χ4v) is 1.74. The first-order valence-corrected chi connectivity index (χ1v) is 4.85. The minimum Gasteiger partial charge on any atom is -0.350 e. The Morgan fingerprint density at radius 3 is 2.69 bits per heavy atom. The molecule has 4 nitrogen and oxygen atoms in total. The van der Waals surface area contributed by atoms with E-state index in [4.69, 9.17) is 0 Å². The Labute approximate surface area is 77.8 Å². The van der Waals surface area contributed by atoms with Crippen LogP contribution in [-0.4, -0.2) is 21.2 Å². The van der Waals surface area contributed by atoms with E-state index in [0.717, 1.165) is 0 Å². The van der Waals surface area contributed by atoms with E-state index < -0.39 is 0 Å². The van der Waals surface area contributed by atoms with Crippen molar-refractivity contribution in [1.82, 2.24) is 15.2 Å². The van der Waals surface area contributed by atoms with Gasteiger partial charge in [0.1, 0.15) is 0 Å². The predicted molar refractivity (Wildman–Crippen MR) is 50.3 cm³/mol. The Kier molecular flexibility index (Phi) is 2.69. The summed E-state index contributed by atoms with van der Waals surface area (Å²) in [5.74, 6) is 0.661. The molecule has 0 saturated heterocycles. The molecule has 1 aromatic heterocycles. The maximum atomic E-state index is 4.09. The van der Waals surface area contributed by atoms with E-state index in [2.05, 4.69) is 20.5 Å². The van der Waals surface area contributed by atoms with Gasteiger partial charge >= 0.3 is 0 Å². The standard InChI is InChI=1S/C9H14N4/c1-2-4-8(5-3-1)12-9-10-6-7-11-13-9/h6-8H,1-5H2,(H,10,12,13). The monoisotopic (exact) mass is 178 g/mol. The molecule has 2 rings (SSSR count). The summed E-state index contributed by atoms with van der Waals surface area (Å²) in [5, 5.41) is 11.0. The van der Waals surface area contributed by atoms with E-state index >= 15 is 0 Å². The van der Waals surface area contributed by atoms with Crippen LogP contribution in [0.4, 0.5) is 5.95 Å². The summed E-state index contributed by atoms with van der Waals surface area (Å²) in [4.78, 5) is 4.09. The molecule has 0 bridgehead atoms. The fraction of sp³-hybridized carbons (Fsp3) is 0.667. The van der Waals surface area contributed by atoms with Crippen molar-refractivity contribution in [1.29, 1.82) is 0 Å². The van der Waals surface area contributed by atoms with Crippen LogP contribution in [0.3, 0.4) is 0 Å². The lowest BCUT2D eigenvalue weighted by Gasteiger charge is -2.22. The molecule has 1 N–H and O–H groups in total. The number of rotatable bonds is 2. The second-order valence-corrected chi connectivity index (χ2v) is 3.45. The third-order valence-electron chi connectivity index (χ3n) is 2.42. The second kappa shape index (κ2) is 4.16. The average Bonchev–Trinajstić information content (AvgIpc) is 2.21. The zero-order valence-corrected chi connectivity index (χ0v) is 7.61. The molecule has 0 radical (unpaired) electrons. The molecule has 1 aliphatic carbocycles. The van der Waals surface area contributed by atoms with E-state index in [9.17, 15) is 0 Å². The van der Waals surface area contributed by atoms with Gasteiger partial charge in [-0.1, -0.05) is 19.3 Å². The van der Waals surface area contributed by atoms with Gasteiger partial charge in [-0.05, 0) is 12.8 Å². The van der Waals surface area contributed by atoms with Crippen LogP contribution in [0.5, 0.6) is 0 Å². The van der Waals surface area contributed by atoms with E-state index in [1.165, 1.54) is 32.1 Å². The van der Waals surface area contributed by atoms with Gasteiger partial charge in [0, 0.05) is 6.04 Å². The first-order chi connectivity index (χ1) is 6.45. The molecule has 13 heavy (non-hydrogen) atoms. The quantitative estimate of drug-likeness (QED) is 0.747. The van der Waals surface area contributed by atoms with Crippen molar-refractivity contribution in [3.05, 3.63) is 12.4 Å². The zero-order valence-electron chi connectivity index (χ0n) is 7.61. The molecule has 0 unspecified atom stereocenters. The molecule has 1 aromatic rings. The SMILES string of the molecule is c1cnc(NC2CCCCC2)nn1. The molecule has 70 valence electrons. The summed E-state index contributed by atoms with van der Waals surface area (Å²) < 4.78 is 0. The van der Waals surface area contributed by atoms with Crippen molar-refractivity contribution in [2.45, 2.75) is 38.1 Å². The second-order valence-electron chi connectivity index (χ2n) is 3.45. The zero-order chi connectivity index (χ0) is 8.93. The highest BCUT2D eigenvalue weighted by atomic mass is 15.2. The lowest BCUT2D eigenvalue weighted by atomic mass is 9.96. The number of nitrogens with zero attached hydrogens (tertiary/aromatic N) is 3. The fourth-order valence-electron chi connectivity index (χ4n) is 1.74. The molecule has 1 saturated carbocycles. The summed E-state index contributed by atoms with van der Waals surface area (Å²) in [7, 11) is 0. The number of aromatic nitrogens is 3. The van der Waals surface area contributed by atoms with Crippen LogP contribution in [0.25, 0.3) is 0 Å². The number of anilines is 1. The Bertz CT molecular complexity index is 243. The van der Waals surface area contributed by atoms with Crippen LogP contribution in [0.2, 0.25) is 0 Å². The van der Waals surface area contributed by atoms with Crippen molar-refractivity contribution in [3.63, 3.8) is 0 Å². The average molecular weight is 178 g/mol. The van der Waals surface area contributed by atoms with Crippen molar-refractivity contribution in [3.8, 4) is 0 Å². The summed E-state index contributed by atoms with van der Waals surface area (Å²) in [5.41, 5.74) is 0. The number of nitrogens with one attached hydrogen (secondary N) is 1. The van der Waals surface area contributed by atoms with Crippen LogP contribution in [-0.2, 0) is 0 Å². The molecule has 0 amide bonds. The first kappa shape index (κ1) is 8.41. The molecule has 0 spiro atoms. The topological polar surface area (TPSA) is 50.7 Å². The van der Waals surface area contributed by atoms with E-state index in [0.29, 0.717) is 12.0 Å². The maximum absolute atomic E-state index is 4.09. The van der Waals surface area contributed by atoms with Crippen molar-refractivity contribution >= 4 is 5.95 Å². The Hall–Kier alpha value is -1.19. The van der Waals surface area contributed by atoms with Crippen molar-refractivity contribution in [2.75, 3.05) is 5.32 Å². The van der Waals surface area contributed by atoms with Gasteiger partial charge in [-0.25, -0.2) is 4.98 Å². The normalized spacial score (nSPS) is 18.5. The Morgan fingerprint density at radius 2 is 2.00 bits per heavy atom. The van der Waals surface area contributed by atoms with Gasteiger partial charge < -0.3 is 5.32 Å². The molecular formula is C9H14N4. The third kappa shape index (κ3) is 2.37. The molecule has 1 aliphatic rings. The van der Waals surface area contributed by atoms with Gasteiger partial charge in [0.25, 0.3) is 0 Å². The molecular weight excluding hydrogens is 164 g/mol. The third-order valence-corrected chi connectivity index (χ3v) is 2.42. The molecule has 4 heteroatoms. The van der Waals surface area contributed by atoms with Crippen LogP contribution in [0, 0.1) is 0 Å². The summed E-state index contributed by atoms with van der Waals surface area (Å²) >= 11 is 0. The van der Waals surface area contributed by atoms with Crippen LogP contribution < -0.4 is 5.32 Å². The van der Waals surface area contributed by atoms with Gasteiger partial charge in [0.05, 0.1) is 12.4 Å². The van der Waals surface area contributed by atoms with E-state index in [1.54, 1.807) is 12.4 Å². The number of hydrogen-bond donors (Lipinski definition) is 1. The van der Waals surface area contributed by atoms with Crippen molar-refractivity contribution < 1.29 is 0 Å². The van der Waals surface area contributed by atoms with Crippen LogP contribution in [0.1, 0.15) is 32.1 Å². The lowest BCUT2D eigenvalue weighted by molar-refractivity contribution is 0.460. The van der Waals surface area contributed by atoms with Crippen LogP contribution in [0.15, 0.2) is 12.4 Å². The molecule has 0 aromatic carbocycles. The smallest absolute Gasteiger partial charge is 0.242 e. The maximum Gasteiger partial charge on any atom is 0.242 e. The van der Waals surface area contributed by atoms with Gasteiger partial charge in [0.15, 0.2) is 0 Å². The Morgan fingerprint density at radius 1 is 1.15 bits per heavy atom. The summed E-state index contributed by atoms with van der Waals surface area (Å²) in [6.45, 7) is 0. The number of hydrogen-bond acceptors (Lipinski definition) is 4. The first-order valence-electron chi connectivity index (χ1n) is 4.85. The van der Waals surface area contributed by atoms with Crippen LogP contribution >= 0.6 is 0 Å². The van der Waals surface area contributed by atoms with Gasteiger partial charge in [0.2, 0.25) is 5.95 Å². The summed E-state index contributed by atoms with van der Waals surface area (Å²) in [6.07, 6.45) is 9.72. The largest absolute Gasteiger partial charge is 0.350 e. The van der Waals surface area contributed by atoms with Gasteiger partial charge in [-0.15, -0.1) is 5.10 Å². The minimum atomic E-state index is 0.554.